The Labute approximate surface area is 170 Å². The number of nitrogens with two attached hydrogens (primary N) is 1. The zero-order chi connectivity index (χ0) is 20.1. The zero-order valence-corrected chi connectivity index (χ0v) is 16.7. The van der Waals surface area contributed by atoms with Crippen LogP contribution in [0.5, 0.6) is 0 Å². The lowest BCUT2D eigenvalue weighted by Crippen LogP contribution is -2.40. The maximum Gasteiger partial charge on any atom is 0.222 e. The Hall–Kier alpha value is -2.97. The highest BCUT2D eigenvalue weighted by molar-refractivity contribution is 5.63. The summed E-state index contributed by atoms with van der Waals surface area (Å²) in [6, 6.07) is 12.4. The molecule has 1 saturated heterocycles. The molecule has 1 aromatic carbocycles. The van der Waals surface area contributed by atoms with Gasteiger partial charge in [-0.15, -0.1) is 0 Å². The first-order valence-electron chi connectivity index (χ1n) is 10.00. The van der Waals surface area contributed by atoms with E-state index in [0.29, 0.717) is 5.82 Å². The van der Waals surface area contributed by atoms with Gasteiger partial charge >= 0.3 is 0 Å². The van der Waals surface area contributed by atoms with Crippen LogP contribution in [-0.4, -0.2) is 57.5 Å². The van der Waals surface area contributed by atoms with Gasteiger partial charge in [0.1, 0.15) is 5.82 Å². The fraction of sp³-hybridized carbons (Fsp3) is 0.381. The van der Waals surface area contributed by atoms with Crippen molar-refractivity contribution in [3.8, 4) is 11.3 Å². The minimum Gasteiger partial charge on any atom is -0.379 e. The molecule has 2 aromatic heterocycles. The quantitative estimate of drug-likeness (QED) is 0.637. The minimum atomic E-state index is 0.0785. The molecule has 3 aromatic rings. The van der Waals surface area contributed by atoms with Gasteiger partial charge in [0.05, 0.1) is 31.1 Å². The third-order valence-electron chi connectivity index (χ3n) is 5.06. The Morgan fingerprint density at radius 2 is 1.97 bits per heavy atom. The fourth-order valence-corrected chi connectivity index (χ4v) is 3.50. The van der Waals surface area contributed by atoms with E-state index in [1.54, 1.807) is 6.20 Å². The van der Waals surface area contributed by atoms with Crippen molar-refractivity contribution >= 4 is 11.8 Å². The highest BCUT2D eigenvalue weighted by Gasteiger charge is 2.19. The number of ether oxygens (including phenoxy) is 1. The lowest BCUT2D eigenvalue weighted by molar-refractivity contribution is 0.0360. The van der Waals surface area contributed by atoms with Gasteiger partial charge in [0.15, 0.2) is 0 Å². The highest BCUT2D eigenvalue weighted by Crippen LogP contribution is 2.24. The molecule has 3 heterocycles. The number of anilines is 2. The summed E-state index contributed by atoms with van der Waals surface area (Å²) < 4.78 is 7.36. The van der Waals surface area contributed by atoms with Gasteiger partial charge in [-0.05, 0) is 12.5 Å². The molecular formula is C21H27N7O. The Morgan fingerprint density at radius 1 is 1.17 bits per heavy atom. The van der Waals surface area contributed by atoms with Crippen molar-refractivity contribution in [2.75, 3.05) is 43.9 Å². The molecule has 1 unspecified atom stereocenters. The summed E-state index contributed by atoms with van der Waals surface area (Å²) in [5.41, 5.74) is 8.91. The van der Waals surface area contributed by atoms with Crippen LogP contribution in [0.15, 0.2) is 48.8 Å². The molecule has 1 aliphatic rings. The third-order valence-corrected chi connectivity index (χ3v) is 5.06. The number of nitrogens with zero attached hydrogens (tertiary/aromatic N) is 5. The highest BCUT2D eigenvalue weighted by atomic mass is 16.5. The van der Waals surface area contributed by atoms with Crippen LogP contribution in [0.4, 0.5) is 11.8 Å². The van der Waals surface area contributed by atoms with E-state index in [9.17, 15) is 0 Å². The second kappa shape index (κ2) is 9.02. The summed E-state index contributed by atoms with van der Waals surface area (Å²) in [6.45, 7) is 7.12. The average Bonchev–Trinajstić information content (AvgIpc) is 3.24. The fourth-order valence-electron chi connectivity index (χ4n) is 3.50. The van der Waals surface area contributed by atoms with Crippen molar-refractivity contribution in [2.24, 2.45) is 0 Å². The Balaban J connectivity index is 1.59. The van der Waals surface area contributed by atoms with Crippen molar-refractivity contribution in [3.05, 3.63) is 54.4 Å². The molecule has 29 heavy (non-hydrogen) atoms. The summed E-state index contributed by atoms with van der Waals surface area (Å²) in [7, 11) is 0. The maximum atomic E-state index is 6.02. The number of aromatic nitrogens is 4. The number of nitrogen functional groups attached to an aromatic ring is 1. The van der Waals surface area contributed by atoms with Gasteiger partial charge in [-0.1, -0.05) is 30.3 Å². The van der Waals surface area contributed by atoms with Crippen LogP contribution in [0.3, 0.4) is 0 Å². The number of aryl methyl sites for hydroxylation is 1. The van der Waals surface area contributed by atoms with Crippen molar-refractivity contribution in [1.29, 1.82) is 0 Å². The molecule has 0 amide bonds. The lowest BCUT2D eigenvalue weighted by Gasteiger charge is -2.31. The molecule has 3 N–H and O–H groups in total. The van der Waals surface area contributed by atoms with Crippen LogP contribution in [0, 0.1) is 0 Å². The summed E-state index contributed by atoms with van der Waals surface area (Å²) in [6.07, 6.45) is 3.77. The second-order valence-electron chi connectivity index (χ2n) is 7.10. The second-order valence-corrected chi connectivity index (χ2v) is 7.10. The number of rotatable bonds is 7. The first-order valence-corrected chi connectivity index (χ1v) is 10.00. The van der Waals surface area contributed by atoms with E-state index < -0.39 is 0 Å². The van der Waals surface area contributed by atoms with Gasteiger partial charge in [-0.3, -0.25) is 9.58 Å². The summed E-state index contributed by atoms with van der Waals surface area (Å²) in [5, 5.41) is 7.91. The molecule has 152 valence electrons. The molecule has 0 bridgehead atoms. The average molecular weight is 393 g/mol. The normalized spacial score (nSPS) is 15.9. The summed E-state index contributed by atoms with van der Waals surface area (Å²) in [4.78, 5) is 11.2. The molecule has 0 radical (unpaired) electrons. The molecule has 4 rings (SSSR count). The Bertz CT molecular complexity index is 922. The van der Waals surface area contributed by atoms with Crippen LogP contribution in [0.1, 0.15) is 18.5 Å². The van der Waals surface area contributed by atoms with Crippen molar-refractivity contribution in [1.82, 2.24) is 24.6 Å². The van der Waals surface area contributed by atoms with Crippen molar-refractivity contribution < 1.29 is 4.74 Å². The van der Waals surface area contributed by atoms with Gasteiger partial charge in [0, 0.05) is 44.0 Å². The number of hydrogen-bond donors (Lipinski definition) is 2. The number of hydrogen-bond acceptors (Lipinski definition) is 7. The summed E-state index contributed by atoms with van der Waals surface area (Å²) in [5.74, 6) is 0.950. The molecule has 0 spiro atoms. The molecule has 8 nitrogen and oxygen atoms in total. The van der Waals surface area contributed by atoms with Gasteiger partial charge in [0.25, 0.3) is 0 Å². The Kier molecular flexibility index (Phi) is 6.02. The number of benzene rings is 1. The first kappa shape index (κ1) is 19.4. The monoisotopic (exact) mass is 393 g/mol. The van der Waals surface area contributed by atoms with Crippen LogP contribution >= 0.6 is 0 Å². The zero-order valence-electron chi connectivity index (χ0n) is 16.7. The van der Waals surface area contributed by atoms with Gasteiger partial charge in [-0.25, -0.2) is 4.98 Å². The van der Waals surface area contributed by atoms with Gasteiger partial charge < -0.3 is 15.8 Å². The molecule has 1 atom stereocenters. The third kappa shape index (κ3) is 4.90. The van der Waals surface area contributed by atoms with E-state index in [2.05, 4.69) is 49.5 Å². The smallest absolute Gasteiger partial charge is 0.222 e. The van der Waals surface area contributed by atoms with Gasteiger partial charge in [-0.2, -0.15) is 10.1 Å². The maximum absolute atomic E-state index is 6.02. The van der Waals surface area contributed by atoms with Crippen LogP contribution in [-0.2, 0) is 11.3 Å². The number of nitrogens with one attached hydrogen (secondary N) is 1. The van der Waals surface area contributed by atoms with E-state index in [0.717, 1.165) is 50.7 Å². The van der Waals surface area contributed by atoms with Crippen LogP contribution < -0.4 is 11.1 Å². The van der Waals surface area contributed by atoms with E-state index in [1.807, 2.05) is 29.9 Å². The van der Waals surface area contributed by atoms with E-state index >= 15 is 0 Å². The van der Waals surface area contributed by atoms with Crippen molar-refractivity contribution in [2.45, 2.75) is 19.5 Å². The van der Waals surface area contributed by atoms with Crippen molar-refractivity contribution in [3.63, 3.8) is 0 Å². The van der Waals surface area contributed by atoms with E-state index in [1.165, 1.54) is 5.56 Å². The molecule has 0 aliphatic carbocycles. The molecule has 8 heteroatoms. The van der Waals surface area contributed by atoms with Crippen LogP contribution in [0.2, 0.25) is 0 Å². The van der Waals surface area contributed by atoms with E-state index in [4.69, 9.17) is 10.5 Å². The number of morpholine rings is 1. The minimum absolute atomic E-state index is 0.0785. The van der Waals surface area contributed by atoms with E-state index in [-0.39, 0.29) is 12.0 Å². The predicted octanol–water partition coefficient (Wildman–Crippen LogP) is 2.43. The molecular weight excluding hydrogens is 366 g/mol. The largest absolute Gasteiger partial charge is 0.379 e. The van der Waals surface area contributed by atoms with Gasteiger partial charge in [0.2, 0.25) is 5.95 Å². The predicted molar refractivity (Wildman–Crippen MR) is 113 cm³/mol. The summed E-state index contributed by atoms with van der Waals surface area (Å²) >= 11 is 0. The lowest BCUT2D eigenvalue weighted by atomic mass is 10.1. The standard InChI is InChI=1S/C21H27N7O/c1-2-28-14-17(13-23-28)18-12-20(26-21(22)25-18)24-19(16-6-4-3-5-7-16)15-27-8-10-29-11-9-27/h3-7,12-14,19H,2,8-11,15H2,1H3,(H3,22,24,25,26). The topological polar surface area (TPSA) is 94.1 Å². The Morgan fingerprint density at radius 3 is 2.69 bits per heavy atom. The first-order chi connectivity index (χ1) is 14.2. The SMILES string of the molecule is CCn1cc(-c2cc(NC(CN3CCOCC3)c3ccccc3)nc(N)n2)cn1. The molecule has 1 aliphatic heterocycles. The molecule has 1 fully saturated rings. The molecule has 0 saturated carbocycles. The van der Waals surface area contributed by atoms with Crippen LogP contribution in [0.25, 0.3) is 11.3 Å².